The SMILES string of the molecule is CC.COc1cc2nn(C3CCCCC3)cc2cc1NC(=O)c1cc(F)cc(C(F)(F)F)c1. The van der Waals surface area contributed by atoms with Gasteiger partial charge in [-0.25, -0.2) is 4.39 Å². The molecule has 0 unspecified atom stereocenters. The lowest BCUT2D eigenvalue weighted by Gasteiger charge is -2.21. The number of aromatic nitrogens is 2. The Kier molecular flexibility index (Phi) is 7.61. The molecule has 0 radical (unpaired) electrons. The second-order valence-electron chi connectivity index (χ2n) is 7.69. The summed E-state index contributed by atoms with van der Waals surface area (Å²) < 4.78 is 59.8. The monoisotopic (exact) mass is 465 g/mol. The smallest absolute Gasteiger partial charge is 0.416 e. The Hall–Kier alpha value is -3.10. The quantitative estimate of drug-likeness (QED) is 0.423. The summed E-state index contributed by atoms with van der Waals surface area (Å²) in [5.41, 5.74) is -0.715. The highest BCUT2D eigenvalue weighted by Crippen LogP contribution is 2.34. The maximum atomic E-state index is 13.7. The van der Waals surface area contributed by atoms with Gasteiger partial charge in [-0.3, -0.25) is 9.48 Å². The number of rotatable bonds is 4. The molecule has 0 atom stereocenters. The molecule has 178 valence electrons. The molecule has 1 fully saturated rings. The van der Waals surface area contributed by atoms with Crippen LogP contribution in [0, 0.1) is 5.82 Å². The van der Waals surface area contributed by atoms with Crippen LogP contribution >= 0.6 is 0 Å². The summed E-state index contributed by atoms with van der Waals surface area (Å²) in [6.07, 6.45) is 2.76. The molecule has 1 amide bonds. The van der Waals surface area contributed by atoms with Gasteiger partial charge in [-0.1, -0.05) is 33.1 Å². The molecule has 0 saturated heterocycles. The molecular formula is C24H27F4N3O2. The average molecular weight is 465 g/mol. The van der Waals surface area contributed by atoms with Crippen LogP contribution in [-0.2, 0) is 6.18 Å². The van der Waals surface area contributed by atoms with Gasteiger partial charge in [0.2, 0.25) is 0 Å². The van der Waals surface area contributed by atoms with E-state index >= 15 is 0 Å². The van der Waals surface area contributed by atoms with E-state index in [0.29, 0.717) is 29.4 Å². The average Bonchev–Trinajstić information content (AvgIpc) is 3.22. The number of amides is 1. The van der Waals surface area contributed by atoms with Crippen LogP contribution in [0.4, 0.5) is 23.2 Å². The number of benzene rings is 2. The number of carbonyl (C=O) groups excluding carboxylic acids is 1. The largest absolute Gasteiger partial charge is 0.494 e. The number of halogens is 4. The summed E-state index contributed by atoms with van der Waals surface area (Å²) in [5.74, 6) is -1.71. The summed E-state index contributed by atoms with van der Waals surface area (Å²) >= 11 is 0. The van der Waals surface area contributed by atoms with Crippen LogP contribution in [0.1, 0.15) is 67.9 Å². The number of methoxy groups -OCH3 is 1. The van der Waals surface area contributed by atoms with Gasteiger partial charge < -0.3 is 10.1 Å². The van der Waals surface area contributed by atoms with Gasteiger partial charge in [-0.2, -0.15) is 18.3 Å². The van der Waals surface area contributed by atoms with E-state index in [0.717, 1.165) is 37.1 Å². The summed E-state index contributed by atoms with van der Waals surface area (Å²) in [5, 5.41) is 7.91. The van der Waals surface area contributed by atoms with Crippen LogP contribution in [0.5, 0.6) is 5.75 Å². The van der Waals surface area contributed by atoms with E-state index in [1.807, 2.05) is 24.7 Å². The van der Waals surface area contributed by atoms with Gasteiger partial charge in [0.1, 0.15) is 11.6 Å². The normalized spacial score (nSPS) is 14.5. The van der Waals surface area contributed by atoms with Crippen molar-refractivity contribution in [2.24, 2.45) is 0 Å². The summed E-state index contributed by atoms with van der Waals surface area (Å²) in [6, 6.07) is 5.36. The highest BCUT2D eigenvalue weighted by molar-refractivity contribution is 6.06. The number of hydrogen-bond donors (Lipinski definition) is 1. The third-order valence-corrected chi connectivity index (χ3v) is 5.53. The molecular weight excluding hydrogens is 438 g/mol. The van der Waals surface area contributed by atoms with Crippen molar-refractivity contribution < 1.29 is 27.1 Å². The van der Waals surface area contributed by atoms with Crippen molar-refractivity contribution in [3.63, 3.8) is 0 Å². The van der Waals surface area contributed by atoms with Crippen LogP contribution in [0.15, 0.2) is 36.5 Å². The topological polar surface area (TPSA) is 56.1 Å². The fraction of sp³-hybridized carbons (Fsp3) is 0.417. The number of alkyl halides is 3. The third-order valence-electron chi connectivity index (χ3n) is 5.53. The zero-order valence-corrected chi connectivity index (χ0v) is 18.8. The first kappa shape index (κ1) is 24.5. The molecule has 0 aliphatic heterocycles. The number of anilines is 1. The summed E-state index contributed by atoms with van der Waals surface area (Å²) in [4.78, 5) is 12.6. The molecule has 3 aromatic rings. The molecule has 1 heterocycles. The number of nitrogens with one attached hydrogen (secondary N) is 1. The lowest BCUT2D eigenvalue weighted by Crippen LogP contribution is -2.15. The first-order valence-electron chi connectivity index (χ1n) is 11.0. The molecule has 1 aliphatic rings. The van der Waals surface area contributed by atoms with Crippen molar-refractivity contribution in [2.45, 2.75) is 58.2 Å². The number of nitrogens with zero attached hydrogens (tertiary/aromatic N) is 2. The second kappa shape index (κ2) is 10.2. The van der Waals surface area contributed by atoms with Gasteiger partial charge in [-0.05, 0) is 37.1 Å². The number of fused-ring (bicyclic) bond motifs is 1. The van der Waals surface area contributed by atoms with E-state index in [1.54, 1.807) is 12.1 Å². The predicted octanol–water partition coefficient (Wildman–Crippen LogP) is 6.99. The Morgan fingerprint density at radius 3 is 2.42 bits per heavy atom. The maximum absolute atomic E-state index is 13.7. The number of hydrogen-bond acceptors (Lipinski definition) is 3. The Morgan fingerprint density at radius 2 is 1.79 bits per heavy atom. The molecule has 1 saturated carbocycles. The van der Waals surface area contributed by atoms with Crippen molar-refractivity contribution in [1.82, 2.24) is 9.78 Å². The van der Waals surface area contributed by atoms with Crippen molar-refractivity contribution in [3.05, 3.63) is 53.5 Å². The van der Waals surface area contributed by atoms with Crippen LogP contribution in [0.25, 0.3) is 10.9 Å². The first-order chi connectivity index (χ1) is 15.7. The van der Waals surface area contributed by atoms with Crippen molar-refractivity contribution in [2.75, 3.05) is 12.4 Å². The highest BCUT2D eigenvalue weighted by atomic mass is 19.4. The van der Waals surface area contributed by atoms with Gasteiger partial charge in [0, 0.05) is 23.2 Å². The Labute approximate surface area is 189 Å². The Balaban J connectivity index is 0.00000149. The van der Waals surface area contributed by atoms with Crippen LogP contribution in [0.3, 0.4) is 0 Å². The molecule has 4 rings (SSSR count). The van der Waals surface area contributed by atoms with Crippen molar-refractivity contribution in [3.8, 4) is 5.75 Å². The van der Waals surface area contributed by atoms with Gasteiger partial charge in [0.05, 0.1) is 29.9 Å². The van der Waals surface area contributed by atoms with Crippen molar-refractivity contribution >= 4 is 22.5 Å². The second-order valence-corrected chi connectivity index (χ2v) is 7.69. The molecule has 1 aromatic heterocycles. The van der Waals surface area contributed by atoms with E-state index in [2.05, 4.69) is 10.4 Å². The van der Waals surface area contributed by atoms with E-state index in [-0.39, 0.29) is 5.69 Å². The number of ether oxygens (including phenoxy) is 1. The molecule has 0 bridgehead atoms. The Bertz CT molecular complexity index is 1120. The fourth-order valence-corrected chi connectivity index (χ4v) is 3.95. The van der Waals surface area contributed by atoms with E-state index in [9.17, 15) is 22.4 Å². The first-order valence-corrected chi connectivity index (χ1v) is 11.0. The molecule has 2 aromatic carbocycles. The summed E-state index contributed by atoms with van der Waals surface area (Å²) in [6.45, 7) is 4.00. The highest BCUT2D eigenvalue weighted by Gasteiger charge is 2.32. The van der Waals surface area contributed by atoms with E-state index < -0.39 is 29.0 Å². The molecule has 9 heteroatoms. The molecule has 0 spiro atoms. The lowest BCUT2D eigenvalue weighted by atomic mass is 9.96. The van der Waals surface area contributed by atoms with Gasteiger partial charge in [0.15, 0.2) is 0 Å². The lowest BCUT2D eigenvalue weighted by molar-refractivity contribution is -0.137. The summed E-state index contributed by atoms with van der Waals surface area (Å²) in [7, 11) is 1.42. The fourth-order valence-electron chi connectivity index (χ4n) is 3.95. The predicted molar refractivity (Wildman–Crippen MR) is 119 cm³/mol. The minimum Gasteiger partial charge on any atom is -0.494 e. The number of carbonyl (C=O) groups is 1. The van der Waals surface area contributed by atoms with Gasteiger partial charge in [0.25, 0.3) is 5.91 Å². The maximum Gasteiger partial charge on any atom is 0.416 e. The van der Waals surface area contributed by atoms with Gasteiger partial charge >= 0.3 is 6.18 Å². The minimum absolute atomic E-state index is 0.265. The van der Waals surface area contributed by atoms with Crippen molar-refractivity contribution in [1.29, 1.82) is 0 Å². The third kappa shape index (κ3) is 5.64. The molecule has 1 aliphatic carbocycles. The van der Waals surface area contributed by atoms with Crippen LogP contribution in [-0.4, -0.2) is 22.8 Å². The molecule has 33 heavy (non-hydrogen) atoms. The van der Waals surface area contributed by atoms with Crippen LogP contribution in [0.2, 0.25) is 0 Å². The zero-order valence-electron chi connectivity index (χ0n) is 18.8. The Morgan fingerprint density at radius 1 is 1.09 bits per heavy atom. The minimum atomic E-state index is -4.76. The van der Waals surface area contributed by atoms with Gasteiger partial charge in [-0.15, -0.1) is 0 Å². The molecule has 1 N–H and O–H groups in total. The van der Waals surface area contributed by atoms with Crippen LogP contribution < -0.4 is 10.1 Å². The van der Waals surface area contributed by atoms with E-state index in [1.165, 1.54) is 13.5 Å². The van der Waals surface area contributed by atoms with E-state index in [4.69, 9.17) is 4.74 Å². The zero-order chi connectivity index (χ0) is 24.2. The molecule has 5 nitrogen and oxygen atoms in total. The standard InChI is InChI=1S/C22H21F4N3O2.C2H6/c1-31-20-11-18-14(12-29(28-18)17-5-3-2-4-6-17)9-19(20)27-21(30)13-7-15(22(24,25)26)10-16(23)8-13;1-2/h7-12,17H,2-6H2,1H3,(H,27,30);1-2H3.